The lowest BCUT2D eigenvalue weighted by Gasteiger charge is -2.27. The molecule has 2 aliphatic heterocycles. The van der Waals surface area contributed by atoms with Crippen LogP contribution in [0.4, 0.5) is 0 Å². The molecule has 0 aromatic carbocycles. The Morgan fingerprint density at radius 2 is 2.17 bits per heavy atom. The van der Waals surface area contributed by atoms with Gasteiger partial charge in [0.1, 0.15) is 0 Å². The summed E-state index contributed by atoms with van der Waals surface area (Å²) in [6.07, 6.45) is 8.70. The van der Waals surface area contributed by atoms with Crippen LogP contribution in [-0.4, -0.2) is 50.3 Å². The highest BCUT2D eigenvalue weighted by molar-refractivity contribution is 4.73. The van der Waals surface area contributed by atoms with Gasteiger partial charge in [-0.05, 0) is 44.7 Å². The van der Waals surface area contributed by atoms with Gasteiger partial charge in [-0.1, -0.05) is 19.8 Å². The maximum Gasteiger partial charge on any atom is 0.0712 e. The lowest BCUT2D eigenvalue weighted by Crippen LogP contribution is -2.40. The molecule has 1 N–H and O–H groups in total. The molecule has 0 aromatic heterocycles. The molecule has 2 fully saturated rings. The minimum absolute atomic E-state index is 0.452. The summed E-state index contributed by atoms with van der Waals surface area (Å²) in [7, 11) is 0. The van der Waals surface area contributed by atoms with E-state index >= 15 is 0 Å². The highest BCUT2D eigenvalue weighted by Gasteiger charge is 2.18. The Bertz CT molecular complexity index is 217. The maximum absolute atomic E-state index is 5.77. The molecule has 2 unspecified atom stereocenters. The van der Waals surface area contributed by atoms with Gasteiger partial charge in [-0.25, -0.2) is 0 Å². The third-order valence-corrected chi connectivity index (χ3v) is 4.41. The van der Waals surface area contributed by atoms with E-state index in [0.717, 1.165) is 25.6 Å². The highest BCUT2D eigenvalue weighted by Crippen LogP contribution is 2.22. The van der Waals surface area contributed by atoms with Gasteiger partial charge in [0, 0.05) is 19.6 Å². The molecule has 106 valence electrons. The van der Waals surface area contributed by atoms with E-state index in [1.807, 2.05) is 0 Å². The van der Waals surface area contributed by atoms with Crippen LogP contribution in [-0.2, 0) is 4.74 Å². The van der Waals surface area contributed by atoms with Gasteiger partial charge in [0.15, 0.2) is 0 Å². The Morgan fingerprint density at radius 3 is 2.94 bits per heavy atom. The van der Waals surface area contributed by atoms with Crippen LogP contribution < -0.4 is 5.32 Å². The van der Waals surface area contributed by atoms with Crippen LogP contribution in [0.25, 0.3) is 0 Å². The number of hydrogen-bond acceptors (Lipinski definition) is 3. The van der Waals surface area contributed by atoms with Gasteiger partial charge in [-0.2, -0.15) is 0 Å². The van der Waals surface area contributed by atoms with E-state index in [2.05, 4.69) is 17.1 Å². The number of nitrogens with one attached hydrogen (secondary N) is 1. The zero-order chi connectivity index (χ0) is 12.6. The van der Waals surface area contributed by atoms with Crippen molar-refractivity contribution in [3.63, 3.8) is 0 Å². The fourth-order valence-corrected chi connectivity index (χ4v) is 3.28. The van der Waals surface area contributed by atoms with Crippen LogP contribution in [0.3, 0.4) is 0 Å². The first kappa shape index (κ1) is 14.3. The van der Waals surface area contributed by atoms with E-state index in [0.29, 0.717) is 6.10 Å². The summed E-state index contributed by atoms with van der Waals surface area (Å²) < 4.78 is 5.77. The van der Waals surface area contributed by atoms with Crippen molar-refractivity contribution >= 4 is 0 Å². The number of likely N-dealkylation sites (tertiary alicyclic amines) is 1. The third-order valence-electron chi connectivity index (χ3n) is 4.41. The third kappa shape index (κ3) is 4.87. The van der Waals surface area contributed by atoms with E-state index in [1.165, 1.54) is 58.2 Å². The summed E-state index contributed by atoms with van der Waals surface area (Å²) in [5, 5.41) is 3.42. The summed E-state index contributed by atoms with van der Waals surface area (Å²) in [6.45, 7) is 9.13. The van der Waals surface area contributed by atoms with Crippen molar-refractivity contribution in [1.82, 2.24) is 10.2 Å². The summed E-state index contributed by atoms with van der Waals surface area (Å²) in [4.78, 5) is 2.66. The van der Waals surface area contributed by atoms with Crippen molar-refractivity contribution in [3.05, 3.63) is 0 Å². The first-order valence-corrected chi connectivity index (χ1v) is 7.93. The first-order valence-electron chi connectivity index (χ1n) is 7.93. The molecule has 0 spiro atoms. The lowest BCUT2D eigenvalue weighted by atomic mass is 9.96. The number of morpholine rings is 1. The predicted molar refractivity (Wildman–Crippen MR) is 75.9 cm³/mol. The molecular formula is C15H30N2O. The molecule has 0 aliphatic carbocycles. The molecule has 0 amide bonds. The van der Waals surface area contributed by atoms with Gasteiger partial charge in [0.2, 0.25) is 0 Å². The molecule has 0 aromatic rings. The van der Waals surface area contributed by atoms with Crippen LogP contribution in [0, 0.1) is 5.92 Å². The van der Waals surface area contributed by atoms with Crippen molar-refractivity contribution in [2.75, 3.05) is 39.3 Å². The second kappa shape index (κ2) is 8.13. The maximum atomic E-state index is 5.77. The summed E-state index contributed by atoms with van der Waals surface area (Å²) in [6, 6.07) is 0. The van der Waals surface area contributed by atoms with Gasteiger partial charge in [-0.3, -0.25) is 0 Å². The zero-order valence-corrected chi connectivity index (χ0v) is 12.0. The van der Waals surface area contributed by atoms with Crippen molar-refractivity contribution in [2.24, 2.45) is 5.92 Å². The molecule has 0 saturated carbocycles. The Balaban J connectivity index is 1.63. The topological polar surface area (TPSA) is 24.5 Å². The quantitative estimate of drug-likeness (QED) is 0.814. The van der Waals surface area contributed by atoms with E-state index in [-0.39, 0.29) is 0 Å². The summed E-state index contributed by atoms with van der Waals surface area (Å²) in [5.74, 6) is 0.993. The average molecular weight is 254 g/mol. The van der Waals surface area contributed by atoms with Crippen LogP contribution in [0.15, 0.2) is 0 Å². The Labute approximate surface area is 112 Å². The van der Waals surface area contributed by atoms with E-state index < -0.39 is 0 Å². The normalized spacial score (nSPS) is 31.2. The van der Waals surface area contributed by atoms with Crippen molar-refractivity contribution in [1.29, 1.82) is 0 Å². The fourth-order valence-electron chi connectivity index (χ4n) is 3.28. The summed E-state index contributed by atoms with van der Waals surface area (Å²) in [5.41, 5.74) is 0. The monoisotopic (exact) mass is 254 g/mol. The molecule has 0 radical (unpaired) electrons. The van der Waals surface area contributed by atoms with Crippen LogP contribution in [0.5, 0.6) is 0 Å². The molecule has 18 heavy (non-hydrogen) atoms. The number of nitrogens with zero attached hydrogens (tertiary/aromatic N) is 1. The van der Waals surface area contributed by atoms with Gasteiger partial charge >= 0.3 is 0 Å². The van der Waals surface area contributed by atoms with Crippen LogP contribution in [0.2, 0.25) is 0 Å². The zero-order valence-electron chi connectivity index (χ0n) is 12.0. The highest BCUT2D eigenvalue weighted by atomic mass is 16.5. The molecule has 2 aliphatic rings. The minimum Gasteiger partial charge on any atom is -0.376 e. The number of ether oxygens (including phenoxy) is 1. The molecule has 2 atom stereocenters. The molecule has 3 heteroatoms. The van der Waals surface area contributed by atoms with Gasteiger partial charge in [0.25, 0.3) is 0 Å². The van der Waals surface area contributed by atoms with Gasteiger partial charge < -0.3 is 15.0 Å². The number of rotatable bonds is 5. The smallest absolute Gasteiger partial charge is 0.0712 e. The van der Waals surface area contributed by atoms with E-state index in [4.69, 9.17) is 4.74 Å². The standard InChI is InChI=1S/C15H30N2O/c1-2-4-14-5-3-9-17(10-6-14)11-7-15-13-16-8-12-18-15/h14-16H,2-13H2,1H3. The molecule has 2 saturated heterocycles. The molecule has 2 rings (SSSR count). The van der Waals surface area contributed by atoms with Crippen LogP contribution in [0.1, 0.15) is 45.4 Å². The second-order valence-corrected chi connectivity index (χ2v) is 5.91. The number of hydrogen-bond donors (Lipinski definition) is 1. The molecule has 0 bridgehead atoms. The van der Waals surface area contributed by atoms with Crippen LogP contribution >= 0.6 is 0 Å². The Kier molecular flexibility index (Phi) is 6.46. The minimum atomic E-state index is 0.452. The first-order chi connectivity index (χ1) is 8.88. The van der Waals surface area contributed by atoms with E-state index in [9.17, 15) is 0 Å². The van der Waals surface area contributed by atoms with Gasteiger partial charge in [-0.15, -0.1) is 0 Å². The predicted octanol–water partition coefficient (Wildman–Crippen LogP) is 2.27. The molecule has 2 heterocycles. The summed E-state index contributed by atoms with van der Waals surface area (Å²) >= 11 is 0. The molecule has 3 nitrogen and oxygen atoms in total. The SMILES string of the molecule is CCCC1CCCN(CCC2CNCCO2)CC1. The average Bonchev–Trinajstić information content (AvgIpc) is 2.64. The Hall–Kier alpha value is -0.120. The Morgan fingerprint density at radius 1 is 1.22 bits per heavy atom. The fraction of sp³-hybridized carbons (Fsp3) is 1.00. The molecular weight excluding hydrogens is 224 g/mol. The lowest BCUT2D eigenvalue weighted by molar-refractivity contribution is 0.0175. The largest absolute Gasteiger partial charge is 0.376 e. The van der Waals surface area contributed by atoms with E-state index in [1.54, 1.807) is 0 Å². The van der Waals surface area contributed by atoms with Crippen molar-refractivity contribution in [2.45, 2.75) is 51.6 Å². The van der Waals surface area contributed by atoms with Crippen molar-refractivity contribution < 1.29 is 4.74 Å². The second-order valence-electron chi connectivity index (χ2n) is 5.91. The van der Waals surface area contributed by atoms with Gasteiger partial charge in [0.05, 0.1) is 12.7 Å². The van der Waals surface area contributed by atoms with Crippen molar-refractivity contribution in [3.8, 4) is 0 Å².